The van der Waals surface area contributed by atoms with Crippen LogP contribution in [-0.4, -0.2) is 18.2 Å². The van der Waals surface area contributed by atoms with E-state index >= 15 is 0 Å². The molecule has 2 rings (SSSR count). The minimum absolute atomic E-state index is 0.0785. The first-order chi connectivity index (χ1) is 12.3. The molecule has 0 saturated heterocycles. The minimum Gasteiger partial charge on any atom is -0.325 e. The van der Waals surface area contributed by atoms with E-state index < -0.39 is 17.6 Å². The Hall–Kier alpha value is -1.99. The maximum absolute atomic E-state index is 13.0. The van der Waals surface area contributed by atoms with Crippen LogP contribution in [0.25, 0.3) is 0 Å². The van der Waals surface area contributed by atoms with E-state index in [0.29, 0.717) is 6.54 Å². The molecule has 0 aliphatic heterocycles. The Morgan fingerprint density at radius 3 is 2.38 bits per heavy atom. The molecule has 2 N–H and O–H groups in total. The number of nitrogens with one attached hydrogen (secondary N) is 2. The molecular formula is C19H21F3N2OS. The van der Waals surface area contributed by atoms with Crippen molar-refractivity contribution < 1.29 is 18.0 Å². The fourth-order valence-corrected chi connectivity index (χ4v) is 2.83. The van der Waals surface area contributed by atoms with Crippen molar-refractivity contribution in [2.45, 2.75) is 37.0 Å². The third kappa shape index (κ3) is 6.07. The molecule has 26 heavy (non-hydrogen) atoms. The lowest BCUT2D eigenvalue weighted by molar-refractivity contribution is -0.137. The average Bonchev–Trinajstić information content (AvgIpc) is 2.60. The number of carbonyl (C=O) groups is 1. The van der Waals surface area contributed by atoms with Crippen LogP contribution in [-0.2, 0) is 17.5 Å². The molecule has 0 aromatic heterocycles. The molecule has 0 heterocycles. The molecule has 2 aromatic carbocycles. The van der Waals surface area contributed by atoms with E-state index in [-0.39, 0.29) is 18.2 Å². The summed E-state index contributed by atoms with van der Waals surface area (Å²) < 4.78 is 38.9. The van der Waals surface area contributed by atoms with Crippen LogP contribution in [0.3, 0.4) is 0 Å². The predicted molar refractivity (Wildman–Crippen MR) is 99.2 cm³/mol. The standard InChI is InChI=1S/C19H21F3N2OS/c1-13(23-12-14-7-9-15(26-2)10-8-14)11-18(25)24-17-6-4-3-5-16(17)19(20,21)22/h3-10,13,23H,11-12H2,1-2H3,(H,24,25). The predicted octanol–water partition coefficient (Wildman–Crippen LogP) is 4.93. The maximum atomic E-state index is 13.0. The number of carbonyl (C=O) groups excluding carboxylic acids is 1. The van der Waals surface area contributed by atoms with Crippen LogP contribution in [0.1, 0.15) is 24.5 Å². The quantitative estimate of drug-likeness (QED) is 0.667. The average molecular weight is 382 g/mol. The number of benzene rings is 2. The van der Waals surface area contributed by atoms with Crippen LogP contribution in [0.2, 0.25) is 0 Å². The topological polar surface area (TPSA) is 41.1 Å². The first-order valence-corrected chi connectivity index (χ1v) is 9.34. The van der Waals surface area contributed by atoms with Crippen molar-refractivity contribution >= 4 is 23.4 Å². The molecule has 2 aromatic rings. The Morgan fingerprint density at radius 2 is 1.77 bits per heavy atom. The molecular weight excluding hydrogens is 361 g/mol. The lowest BCUT2D eigenvalue weighted by Gasteiger charge is -2.16. The summed E-state index contributed by atoms with van der Waals surface area (Å²) in [5.41, 5.74) is 0.0187. The van der Waals surface area contributed by atoms with Crippen molar-refractivity contribution in [3.63, 3.8) is 0 Å². The smallest absolute Gasteiger partial charge is 0.325 e. The molecule has 0 saturated carbocycles. The summed E-state index contributed by atoms with van der Waals surface area (Å²) in [7, 11) is 0. The lowest BCUT2D eigenvalue weighted by atomic mass is 10.1. The number of alkyl halides is 3. The van der Waals surface area contributed by atoms with Crippen molar-refractivity contribution in [2.75, 3.05) is 11.6 Å². The number of para-hydroxylation sites is 1. The SMILES string of the molecule is CSc1ccc(CNC(C)CC(=O)Nc2ccccc2C(F)(F)F)cc1. The second-order valence-corrected chi connectivity index (χ2v) is 6.81. The Bertz CT molecular complexity index is 732. The molecule has 0 aliphatic rings. The van der Waals surface area contributed by atoms with Gasteiger partial charge in [-0.1, -0.05) is 24.3 Å². The van der Waals surface area contributed by atoms with Crippen LogP contribution in [0.15, 0.2) is 53.4 Å². The number of amides is 1. The molecule has 1 amide bonds. The van der Waals surface area contributed by atoms with Crippen molar-refractivity contribution in [3.05, 3.63) is 59.7 Å². The molecule has 140 valence electrons. The van der Waals surface area contributed by atoms with Crippen LogP contribution in [0, 0.1) is 0 Å². The monoisotopic (exact) mass is 382 g/mol. The normalized spacial score (nSPS) is 12.7. The molecule has 0 aliphatic carbocycles. The molecule has 1 unspecified atom stereocenters. The number of halogens is 3. The Balaban J connectivity index is 1.87. The van der Waals surface area contributed by atoms with E-state index in [1.165, 1.54) is 23.1 Å². The first kappa shape index (κ1) is 20.3. The highest BCUT2D eigenvalue weighted by molar-refractivity contribution is 7.98. The second kappa shape index (κ2) is 9.09. The molecule has 0 bridgehead atoms. The summed E-state index contributed by atoms with van der Waals surface area (Å²) in [5.74, 6) is -0.459. The van der Waals surface area contributed by atoms with Gasteiger partial charge in [0.1, 0.15) is 0 Å². The van der Waals surface area contributed by atoms with Crippen molar-refractivity contribution in [3.8, 4) is 0 Å². The molecule has 7 heteroatoms. The highest BCUT2D eigenvalue weighted by Gasteiger charge is 2.33. The first-order valence-electron chi connectivity index (χ1n) is 8.12. The van der Waals surface area contributed by atoms with Gasteiger partial charge in [-0.15, -0.1) is 11.8 Å². The Labute approximate surface area is 155 Å². The Kier molecular flexibility index (Phi) is 7.11. The second-order valence-electron chi connectivity index (χ2n) is 5.93. The van der Waals surface area contributed by atoms with Gasteiger partial charge in [-0.2, -0.15) is 13.2 Å². The molecule has 1 atom stereocenters. The summed E-state index contributed by atoms with van der Waals surface area (Å²) in [5, 5.41) is 5.57. The summed E-state index contributed by atoms with van der Waals surface area (Å²) in [6.07, 6.45) is -2.42. The van der Waals surface area contributed by atoms with E-state index in [1.54, 1.807) is 11.8 Å². The van der Waals surface area contributed by atoms with Gasteiger partial charge < -0.3 is 10.6 Å². The third-order valence-electron chi connectivity index (χ3n) is 3.81. The van der Waals surface area contributed by atoms with Gasteiger partial charge in [-0.25, -0.2) is 0 Å². The molecule has 0 radical (unpaired) electrons. The third-order valence-corrected chi connectivity index (χ3v) is 4.56. The van der Waals surface area contributed by atoms with Crippen molar-refractivity contribution in [2.24, 2.45) is 0 Å². The number of hydrogen-bond acceptors (Lipinski definition) is 3. The fourth-order valence-electron chi connectivity index (χ4n) is 2.43. The van der Waals surface area contributed by atoms with Crippen LogP contribution in [0.4, 0.5) is 18.9 Å². The summed E-state index contributed by atoms with van der Waals surface area (Å²) in [4.78, 5) is 13.2. The minimum atomic E-state index is -4.50. The van der Waals surface area contributed by atoms with Gasteiger partial charge in [-0.3, -0.25) is 4.79 Å². The van der Waals surface area contributed by atoms with Gasteiger partial charge in [0, 0.05) is 23.9 Å². The Morgan fingerprint density at radius 1 is 1.12 bits per heavy atom. The zero-order valence-corrected chi connectivity index (χ0v) is 15.4. The van der Waals surface area contributed by atoms with E-state index in [0.717, 1.165) is 11.6 Å². The van der Waals surface area contributed by atoms with Gasteiger partial charge in [0.05, 0.1) is 11.3 Å². The molecule has 0 spiro atoms. The van der Waals surface area contributed by atoms with Gasteiger partial charge in [0.25, 0.3) is 0 Å². The summed E-state index contributed by atoms with van der Waals surface area (Å²) >= 11 is 1.66. The van der Waals surface area contributed by atoms with Gasteiger partial charge >= 0.3 is 6.18 Å². The largest absolute Gasteiger partial charge is 0.418 e. The zero-order chi connectivity index (χ0) is 19.2. The van der Waals surface area contributed by atoms with Crippen LogP contribution in [0.5, 0.6) is 0 Å². The number of rotatable bonds is 7. The van der Waals surface area contributed by atoms with Crippen molar-refractivity contribution in [1.82, 2.24) is 5.32 Å². The van der Waals surface area contributed by atoms with E-state index in [1.807, 2.05) is 37.4 Å². The highest BCUT2D eigenvalue weighted by atomic mass is 32.2. The van der Waals surface area contributed by atoms with E-state index in [9.17, 15) is 18.0 Å². The van der Waals surface area contributed by atoms with Gasteiger partial charge in [0.15, 0.2) is 0 Å². The van der Waals surface area contributed by atoms with E-state index in [2.05, 4.69) is 10.6 Å². The maximum Gasteiger partial charge on any atom is 0.418 e. The van der Waals surface area contributed by atoms with Crippen molar-refractivity contribution in [1.29, 1.82) is 0 Å². The van der Waals surface area contributed by atoms with Gasteiger partial charge in [-0.05, 0) is 43.0 Å². The number of thioether (sulfide) groups is 1. The van der Waals surface area contributed by atoms with Crippen LogP contribution >= 0.6 is 11.8 Å². The van der Waals surface area contributed by atoms with Gasteiger partial charge in [0.2, 0.25) is 5.91 Å². The van der Waals surface area contributed by atoms with Crippen LogP contribution < -0.4 is 10.6 Å². The number of hydrogen-bond donors (Lipinski definition) is 2. The highest BCUT2D eigenvalue weighted by Crippen LogP contribution is 2.34. The summed E-state index contributed by atoms with van der Waals surface area (Å²) in [6.45, 7) is 2.41. The number of anilines is 1. The van der Waals surface area contributed by atoms with E-state index in [4.69, 9.17) is 0 Å². The fraction of sp³-hybridized carbons (Fsp3) is 0.316. The lowest BCUT2D eigenvalue weighted by Crippen LogP contribution is -2.30. The summed E-state index contributed by atoms with van der Waals surface area (Å²) in [6, 6.07) is 12.8. The molecule has 0 fully saturated rings. The zero-order valence-electron chi connectivity index (χ0n) is 14.6. The molecule has 3 nitrogen and oxygen atoms in total.